The lowest BCUT2D eigenvalue weighted by Crippen LogP contribution is -2.47. The summed E-state index contributed by atoms with van der Waals surface area (Å²) in [4.78, 5) is 19.4. The van der Waals surface area contributed by atoms with E-state index in [1.807, 2.05) is 13.0 Å². The topological polar surface area (TPSA) is 78.9 Å². The lowest BCUT2D eigenvalue weighted by molar-refractivity contribution is -0.128. The van der Waals surface area contributed by atoms with Crippen LogP contribution in [0.5, 0.6) is 0 Å². The number of halogens is 1. The summed E-state index contributed by atoms with van der Waals surface area (Å²) in [5, 5.41) is 9.20. The molecule has 7 heteroatoms. The van der Waals surface area contributed by atoms with Crippen molar-refractivity contribution in [2.45, 2.75) is 25.5 Å². The van der Waals surface area contributed by atoms with Gasteiger partial charge in [-0.3, -0.25) is 9.69 Å². The highest BCUT2D eigenvalue weighted by atomic mass is 79.9. The number of guanidine groups is 1. The molecule has 1 aliphatic rings. The van der Waals surface area contributed by atoms with Crippen LogP contribution >= 0.6 is 27.3 Å². The third-order valence-electron chi connectivity index (χ3n) is 3.01. The van der Waals surface area contributed by atoms with Crippen LogP contribution < -0.4 is 5.73 Å². The molecule has 1 amide bonds. The smallest absolute Gasteiger partial charge is 0.231 e. The van der Waals surface area contributed by atoms with Crippen molar-refractivity contribution in [1.82, 2.24) is 4.90 Å². The second-order valence-electron chi connectivity index (χ2n) is 4.41. The normalized spacial score (nSPS) is 24.3. The predicted octanol–water partition coefficient (Wildman–Crippen LogP) is 1.39. The molecule has 98 valence electrons. The summed E-state index contributed by atoms with van der Waals surface area (Å²) < 4.78 is 0.839. The molecule has 2 rings (SSSR count). The maximum Gasteiger partial charge on any atom is 0.231 e. The van der Waals surface area contributed by atoms with Crippen molar-refractivity contribution in [3.05, 3.63) is 20.3 Å². The minimum atomic E-state index is -0.645. The first kappa shape index (κ1) is 13.5. The molecule has 1 aromatic rings. The van der Waals surface area contributed by atoms with Crippen molar-refractivity contribution < 1.29 is 9.90 Å². The van der Waals surface area contributed by atoms with E-state index in [-0.39, 0.29) is 24.9 Å². The molecule has 0 fully saturated rings. The minimum Gasteiger partial charge on any atom is -0.391 e. The highest BCUT2D eigenvalue weighted by Gasteiger charge is 2.37. The fraction of sp³-hybridized carbons (Fsp3) is 0.455. The number of hydrogen-bond acceptors (Lipinski definition) is 5. The fourth-order valence-electron chi connectivity index (χ4n) is 1.83. The molecular weight excluding hydrogens is 318 g/mol. The van der Waals surface area contributed by atoms with Gasteiger partial charge in [0.15, 0.2) is 5.96 Å². The van der Waals surface area contributed by atoms with Crippen molar-refractivity contribution in [3.63, 3.8) is 0 Å². The fourth-order valence-corrected chi connectivity index (χ4v) is 3.58. The van der Waals surface area contributed by atoms with Gasteiger partial charge >= 0.3 is 0 Å². The summed E-state index contributed by atoms with van der Waals surface area (Å²) in [6, 6.07) is 1.89. The molecular formula is C11H14BrN3O2S. The highest BCUT2D eigenvalue weighted by Crippen LogP contribution is 2.40. The first-order valence-corrected chi connectivity index (χ1v) is 7.00. The van der Waals surface area contributed by atoms with Crippen molar-refractivity contribution in [3.8, 4) is 0 Å². The van der Waals surface area contributed by atoms with Crippen molar-refractivity contribution in [1.29, 1.82) is 0 Å². The molecule has 0 unspecified atom stereocenters. The molecule has 1 aliphatic heterocycles. The minimum absolute atomic E-state index is 0.0334. The molecule has 1 aromatic heterocycles. The maximum absolute atomic E-state index is 11.9. The second kappa shape index (κ2) is 4.64. The van der Waals surface area contributed by atoms with Crippen LogP contribution in [0.4, 0.5) is 0 Å². The highest BCUT2D eigenvalue weighted by molar-refractivity contribution is 9.10. The number of nitrogens with zero attached hydrogens (tertiary/aromatic N) is 2. The molecule has 18 heavy (non-hydrogen) atoms. The third-order valence-corrected chi connectivity index (χ3v) is 5.35. The van der Waals surface area contributed by atoms with Crippen LogP contribution in [-0.4, -0.2) is 28.9 Å². The average Bonchev–Trinajstić information content (AvgIpc) is 2.68. The lowest BCUT2D eigenvalue weighted by Gasteiger charge is -2.32. The van der Waals surface area contributed by atoms with E-state index in [1.165, 1.54) is 16.2 Å². The number of aliphatic hydroxyl groups is 1. The van der Waals surface area contributed by atoms with E-state index in [0.717, 1.165) is 14.2 Å². The van der Waals surface area contributed by atoms with Crippen LogP contribution in [0.1, 0.15) is 23.1 Å². The summed E-state index contributed by atoms with van der Waals surface area (Å²) >= 11 is 4.83. The van der Waals surface area contributed by atoms with Crippen molar-refractivity contribution in [2.24, 2.45) is 10.7 Å². The summed E-state index contributed by atoms with van der Waals surface area (Å²) in [7, 11) is 1.62. The molecule has 0 saturated carbocycles. The van der Waals surface area contributed by atoms with Gasteiger partial charge in [-0.2, -0.15) is 0 Å². The molecule has 2 heterocycles. The van der Waals surface area contributed by atoms with E-state index in [0.29, 0.717) is 0 Å². The summed E-state index contributed by atoms with van der Waals surface area (Å²) in [6.07, 6.45) is 0.280. The van der Waals surface area contributed by atoms with Gasteiger partial charge in [0.05, 0.1) is 13.0 Å². The Morgan fingerprint density at radius 3 is 2.89 bits per heavy atom. The van der Waals surface area contributed by atoms with E-state index >= 15 is 0 Å². The molecule has 3 N–H and O–H groups in total. The number of carbonyl (C=O) groups excluding carboxylic acids is 1. The first-order chi connectivity index (χ1) is 8.37. The third kappa shape index (κ3) is 2.17. The number of rotatable bonds is 2. The van der Waals surface area contributed by atoms with Gasteiger partial charge in [0, 0.05) is 21.3 Å². The van der Waals surface area contributed by atoms with E-state index in [9.17, 15) is 9.90 Å². The Morgan fingerprint density at radius 1 is 1.72 bits per heavy atom. The number of nitrogens with two attached hydrogens (primary N) is 1. The molecule has 5 nitrogen and oxygen atoms in total. The predicted molar refractivity (Wildman–Crippen MR) is 74.3 cm³/mol. The van der Waals surface area contributed by atoms with E-state index in [4.69, 9.17) is 5.73 Å². The summed E-state index contributed by atoms with van der Waals surface area (Å²) in [5.74, 6) is 0.170. The molecule has 0 bridgehead atoms. The van der Waals surface area contributed by atoms with Gasteiger partial charge in [-0.15, -0.1) is 11.3 Å². The first-order valence-electron chi connectivity index (χ1n) is 5.39. The van der Waals surface area contributed by atoms with Crippen molar-refractivity contribution in [2.75, 3.05) is 7.05 Å². The SMILES string of the molecule is CN1C(=O)C[C@@](C)(c2cc(Br)c(CO)s2)N=C1N. The van der Waals surface area contributed by atoms with E-state index in [2.05, 4.69) is 20.9 Å². The lowest BCUT2D eigenvalue weighted by atomic mass is 9.94. The van der Waals surface area contributed by atoms with Crippen LogP contribution in [0, 0.1) is 0 Å². The zero-order valence-corrected chi connectivity index (χ0v) is 12.5. The van der Waals surface area contributed by atoms with Gasteiger partial charge in [-0.05, 0) is 28.9 Å². The maximum atomic E-state index is 11.9. The van der Waals surface area contributed by atoms with Crippen LogP contribution in [0.2, 0.25) is 0 Å². The Bertz CT molecular complexity index is 528. The van der Waals surface area contributed by atoms with Gasteiger partial charge in [-0.25, -0.2) is 4.99 Å². The zero-order valence-electron chi connectivity index (χ0n) is 10.1. The molecule has 0 saturated heterocycles. The second-order valence-corrected chi connectivity index (χ2v) is 6.40. The van der Waals surface area contributed by atoms with E-state index in [1.54, 1.807) is 7.05 Å². The number of aliphatic hydroxyl groups excluding tert-OH is 1. The molecule has 1 atom stereocenters. The number of amides is 1. The Hall–Kier alpha value is -0.920. The van der Waals surface area contributed by atoms with Gasteiger partial charge in [0.25, 0.3) is 0 Å². The molecule has 0 aliphatic carbocycles. The zero-order chi connectivity index (χ0) is 13.5. The number of aliphatic imine (C=N–C) groups is 1. The summed E-state index contributed by atoms with van der Waals surface area (Å²) in [6.45, 7) is 1.85. The Morgan fingerprint density at radius 2 is 2.39 bits per heavy atom. The molecule has 0 radical (unpaired) electrons. The monoisotopic (exact) mass is 331 g/mol. The standard InChI is InChI=1S/C11H14BrN3O2S/c1-11(4-9(17)15(2)10(13)14-11)8-3-6(12)7(5-16)18-8/h3,16H,4-5H2,1-2H3,(H2,13,14)/t11-/m0/s1. The molecule has 0 aromatic carbocycles. The number of thiophene rings is 1. The van der Waals surface area contributed by atoms with Crippen LogP contribution in [0.3, 0.4) is 0 Å². The number of carbonyl (C=O) groups is 1. The van der Waals surface area contributed by atoms with Crippen LogP contribution in [0.25, 0.3) is 0 Å². The van der Waals surface area contributed by atoms with Gasteiger partial charge in [0.2, 0.25) is 5.91 Å². The van der Waals surface area contributed by atoms with Gasteiger partial charge < -0.3 is 10.8 Å². The summed E-state index contributed by atoms with van der Waals surface area (Å²) in [5.41, 5.74) is 5.11. The van der Waals surface area contributed by atoms with Crippen molar-refractivity contribution >= 4 is 39.1 Å². The van der Waals surface area contributed by atoms with Gasteiger partial charge in [0.1, 0.15) is 5.54 Å². The molecule has 0 spiro atoms. The Labute approximate surface area is 117 Å². The Balaban J connectivity index is 2.45. The van der Waals surface area contributed by atoms with Crippen LogP contribution in [-0.2, 0) is 16.9 Å². The number of hydrogen-bond donors (Lipinski definition) is 2. The Kier molecular flexibility index (Phi) is 3.48. The van der Waals surface area contributed by atoms with Gasteiger partial charge in [-0.1, -0.05) is 0 Å². The van der Waals surface area contributed by atoms with E-state index < -0.39 is 5.54 Å². The van der Waals surface area contributed by atoms with Crippen LogP contribution in [0.15, 0.2) is 15.5 Å². The average molecular weight is 332 g/mol. The largest absolute Gasteiger partial charge is 0.391 e. The quantitative estimate of drug-likeness (QED) is 0.859.